The number of halogens is 1. The van der Waals surface area contributed by atoms with Crippen molar-refractivity contribution >= 4 is 29.9 Å². The van der Waals surface area contributed by atoms with Gasteiger partial charge in [-0.05, 0) is 42.9 Å². The minimum absolute atomic E-state index is 0. The summed E-state index contributed by atoms with van der Waals surface area (Å²) < 4.78 is 1.93. The number of benzene rings is 1. The molecule has 2 aliphatic rings. The molecule has 0 amide bonds. The number of para-hydroxylation sites is 1. The number of aromatic nitrogens is 2. The van der Waals surface area contributed by atoms with E-state index in [9.17, 15) is 0 Å². The molecule has 2 aromatic rings. The van der Waals surface area contributed by atoms with E-state index < -0.39 is 0 Å². The molecular weight excluding hydrogens is 425 g/mol. The van der Waals surface area contributed by atoms with Crippen molar-refractivity contribution in [3.05, 3.63) is 48.3 Å². The van der Waals surface area contributed by atoms with Crippen LogP contribution in [0.3, 0.4) is 0 Å². The van der Waals surface area contributed by atoms with Crippen molar-refractivity contribution in [2.24, 2.45) is 16.6 Å². The molecule has 1 saturated heterocycles. The fourth-order valence-corrected chi connectivity index (χ4v) is 3.58. The Bertz CT molecular complexity index is 726. The lowest BCUT2D eigenvalue weighted by molar-refractivity contribution is 0.270. The van der Waals surface area contributed by atoms with Crippen LogP contribution in [0.4, 0.5) is 0 Å². The van der Waals surface area contributed by atoms with E-state index in [-0.39, 0.29) is 24.0 Å². The summed E-state index contributed by atoms with van der Waals surface area (Å²) in [5, 5.41) is 4.49. The number of rotatable bonds is 3. The molecule has 0 bridgehead atoms. The van der Waals surface area contributed by atoms with Crippen molar-refractivity contribution in [3.63, 3.8) is 0 Å². The zero-order valence-electron chi connectivity index (χ0n) is 14.6. The van der Waals surface area contributed by atoms with Crippen LogP contribution in [0.1, 0.15) is 37.7 Å². The van der Waals surface area contributed by atoms with Gasteiger partial charge in [0.25, 0.3) is 0 Å². The van der Waals surface area contributed by atoms with E-state index in [1.165, 1.54) is 18.4 Å². The highest BCUT2D eigenvalue weighted by Crippen LogP contribution is 2.43. The Kier molecular flexibility index (Phi) is 5.66. The molecule has 1 aliphatic carbocycles. The van der Waals surface area contributed by atoms with Crippen molar-refractivity contribution in [1.82, 2.24) is 14.7 Å². The number of likely N-dealkylation sites (tertiary alicyclic amines) is 1. The Labute approximate surface area is 166 Å². The van der Waals surface area contributed by atoms with Crippen molar-refractivity contribution in [2.75, 3.05) is 13.1 Å². The van der Waals surface area contributed by atoms with E-state index in [4.69, 9.17) is 10.7 Å². The first-order valence-corrected chi connectivity index (χ1v) is 8.89. The van der Waals surface area contributed by atoms with E-state index in [2.05, 4.69) is 35.3 Å². The number of guanidine groups is 1. The van der Waals surface area contributed by atoms with Gasteiger partial charge < -0.3 is 10.6 Å². The van der Waals surface area contributed by atoms with Crippen molar-refractivity contribution in [2.45, 2.75) is 38.1 Å². The third-order valence-electron chi connectivity index (χ3n) is 5.09. The molecule has 2 fully saturated rings. The standard InChI is InChI=1S/C19H25N5.HI/c1-14-6-5-9-23(12-14)19(20)22-18-10-17(18)15-11-21-24(13-15)16-7-3-2-4-8-16;/h2-4,7-8,11,13-14,17-18H,5-6,9-10,12H2,1H3,(H2,20,22);1H/t14?,17-,18+;/m0./s1. The van der Waals surface area contributed by atoms with E-state index >= 15 is 0 Å². The number of aliphatic imine (C=N–C) groups is 1. The largest absolute Gasteiger partial charge is 0.370 e. The smallest absolute Gasteiger partial charge is 0.191 e. The Hall–Kier alpha value is -1.57. The highest BCUT2D eigenvalue weighted by Gasteiger charge is 2.40. The second-order valence-corrected chi connectivity index (χ2v) is 7.14. The maximum absolute atomic E-state index is 6.24. The number of hydrogen-bond donors (Lipinski definition) is 1. The average molecular weight is 451 g/mol. The Balaban J connectivity index is 0.00000182. The molecule has 1 saturated carbocycles. The molecule has 1 aliphatic heterocycles. The van der Waals surface area contributed by atoms with Crippen LogP contribution in [-0.2, 0) is 0 Å². The van der Waals surface area contributed by atoms with Crippen molar-refractivity contribution < 1.29 is 0 Å². The Morgan fingerprint density at radius 1 is 1.28 bits per heavy atom. The van der Waals surface area contributed by atoms with Gasteiger partial charge in [-0.3, -0.25) is 0 Å². The van der Waals surface area contributed by atoms with Gasteiger partial charge in [0.1, 0.15) is 0 Å². The highest BCUT2D eigenvalue weighted by atomic mass is 127. The molecule has 1 aromatic heterocycles. The van der Waals surface area contributed by atoms with Crippen molar-refractivity contribution in [3.8, 4) is 5.69 Å². The summed E-state index contributed by atoms with van der Waals surface area (Å²) in [6, 6.07) is 10.5. The second kappa shape index (κ2) is 7.76. The minimum Gasteiger partial charge on any atom is -0.370 e. The number of hydrogen-bond acceptors (Lipinski definition) is 2. The molecule has 6 heteroatoms. The molecule has 134 valence electrons. The van der Waals surface area contributed by atoms with E-state index in [0.29, 0.717) is 17.9 Å². The molecule has 2 N–H and O–H groups in total. The maximum Gasteiger partial charge on any atom is 0.191 e. The third-order valence-corrected chi connectivity index (χ3v) is 5.09. The van der Waals surface area contributed by atoms with Gasteiger partial charge in [0, 0.05) is 25.2 Å². The number of nitrogens with zero attached hydrogens (tertiary/aromatic N) is 4. The summed E-state index contributed by atoms with van der Waals surface area (Å²) in [5.41, 5.74) is 8.59. The molecule has 2 heterocycles. The van der Waals surface area contributed by atoms with Crippen LogP contribution >= 0.6 is 24.0 Å². The minimum atomic E-state index is 0. The zero-order chi connectivity index (χ0) is 16.5. The van der Waals surface area contributed by atoms with E-state index in [1.807, 2.05) is 29.1 Å². The summed E-state index contributed by atoms with van der Waals surface area (Å²) in [6.07, 6.45) is 7.68. The van der Waals surface area contributed by atoms with Gasteiger partial charge in [-0.2, -0.15) is 5.10 Å². The summed E-state index contributed by atoms with van der Waals surface area (Å²) >= 11 is 0. The first kappa shape index (κ1) is 18.2. The lowest BCUT2D eigenvalue weighted by atomic mass is 10.0. The molecule has 0 spiro atoms. The average Bonchev–Trinajstić information content (AvgIpc) is 3.19. The summed E-state index contributed by atoms with van der Waals surface area (Å²) in [6.45, 7) is 4.37. The van der Waals surface area contributed by atoms with Crippen LogP contribution in [0.25, 0.3) is 5.69 Å². The van der Waals surface area contributed by atoms with Gasteiger partial charge >= 0.3 is 0 Å². The molecule has 1 aromatic carbocycles. The SMILES string of the molecule is CC1CCCN(C(N)=N[C@@H]2C[C@H]2c2cnn(-c3ccccc3)c2)C1.I. The van der Waals surface area contributed by atoms with Crippen LogP contribution in [-0.4, -0.2) is 39.8 Å². The van der Waals surface area contributed by atoms with Crippen LogP contribution < -0.4 is 5.73 Å². The first-order valence-electron chi connectivity index (χ1n) is 8.89. The monoisotopic (exact) mass is 451 g/mol. The second-order valence-electron chi connectivity index (χ2n) is 7.14. The summed E-state index contributed by atoms with van der Waals surface area (Å²) in [5.74, 6) is 1.90. The fraction of sp³-hybridized carbons (Fsp3) is 0.474. The molecule has 0 radical (unpaired) electrons. The van der Waals surface area contributed by atoms with E-state index in [0.717, 1.165) is 31.2 Å². The molecule has 25 heavy (non-hydrogen) atoms. The highest BCUT2D eigenvalue weighted by molar-refractivity contribution is 14.0. The van der Waals surface area contributed by atoms with Crippen LogP contribution in [0.15, 0.2) is 47.7 Å². The van der Waals surface area contributed by atoms with Gasteiger partial charge in [0.15, 0.2) is 5.96 Å². The number of piperidine rings is 1. The maximum atomic E-state index is 6.24. The van der Waals surface area contributed by atoms with E-state index in [1.54, 1.807) is 0 Å². The van der Waals surface area contributed by atoms with Crippen LogP contribution in [0.5, 0.6) is 0 Å². The quantitative estimate of drug-likeness (QED) is 0.442. The topological polar surface area (TPSA) is 59.4 Å². The first-order chi connectivity index (χ1) is 11.7. The normalized spacial score (nSPS) is 26.2. The molecular formula is C19H26IN5. The molecule has 3 atom stereocenters. The zero-order valence-corrected chi connectivity index (χ0v) is 16.9. The van der Waals surface area contributed by atoms with Crippen LogP contribution in [0.2, 0.25) is 0 Å². The third kappa shape index (κ3) is 4.16. The molecule has 1 unspecified atom stereocenters. The molecule has 4 rings (SSSR count). The Morgan fingerprint density at radius 2 is 2.08 bits per heavy atom. The lowest BCUT2D eigenvalue weighted by Gasteiger charge is -2.31. The lowest BCUT2D eigenvalue weighted by Crippen LogP contribution is -2.43. The fourth-order valence-electron chi connectivity index (χ4n) is 3.58. The van der Waals surface area contributed by atoms with Gasteiger partial charge in [-0.25, -0.2) is 9.67 Å². The predicted molar refractivity (Wildman–Crippen MR) is 112 cm³/mol. The van der Waals surface area contributed by atoms with Gasteiger partial charge in [0.05, 0.1) is 17.9 Å². The Morgan fingerprint density at radius 3 is 2.84 bits per heavy atom. The van der Waals surface area contributed by atoms with Gasteiger partial charge in [-0.1, -0.05) is 25.1 Å². The van der Waals surface area contributed by atoms with Gasteiger partial charge in [-0.15, -0.1) is 24.0 Å². The van der Waals surface area contributed by atoms with Crippen molar-refractivity contribution in [1.29, 1.82) is 0 Å². The predicted octanol–water partition coefficient (Wildman–Crippen LogP) is 3.39. The summed E-state index contributed by atoms with van der Waals surface area (Å²) in [7, 11) is 0. The summed E-state index contributed by atoms with van der Waals surface area (Å²) in [4.78, 5) is 7.02. The number of nitrogens with two attached hydrogens (primary N) is 1. The molecule has 5 nitrogen and oxygen atoms in total. The van der Waals surface area contributed by atoms with Gasteiger partial charge in [0.2, 0.25) is 0 Å². The van der Waals surface area contributed by atoms with Crippen LogP contribution in [0, 0.1) is 5.92 Å².